The van der Waals surface area contributed by atoms with Crippen LogP contribution in [0.2, 0.25) is 0 Å². The average molecular weight is 887 g/mol. The van der Waals surface area contributed by atoms with E-state index in [1.807, 2.05) is 140 Å². The number of para-hydroxylation sites is 2. The highest BCUT2D eigenvalue weighted by atomic mass is 16.5. The lowest BCUT2D eigenvalue weighted by molar-refractivity contribution is 0.104. The number of benzene rings is 8. The van der Waals surface area contributed by atoms with Crippen molar-refractivity contribution in [3.05, 3.63) is 256 Å². The number of fused-ring (bicyclic) bond motifs is 1. The van der Waals surface area contributed by atoms with E-state index in [-0.39, 0.29) is 22.9 Å². The normalized spacial score (nSPS) is 10.8. The van der Waals surface area contributed by atoms with Crippen LogP contribution in [-0.4, -0.2) is 16.0 Å². The molecule has 0 spiro atoms. The SMILES string of the molecule is O=C(/C=C/c1ccc(OCc2ccccc2)c(OCc2ccccc2)c1)c1ccccc1O.O=c1c(O)c(-c2ccc(OCc3ccccc3)c(OCc3ccccc3)c2)oc2ccccc12. The number of ether oxygens (including phenoxy) is 4. The lowest BCUT2D eigenvalue weighted by Gasteiger charge is -2.15. The molecule has 0 saturated carbocycles. The minimum Gasteiger partial charge on any atom is -0.507 e. The molecule has 0 aliphatic rings. The van der Waals surface area contributed by atoms with E-state index in [9.17, 15) is 19.8 Å². The van der Waals surface area contributed by atoms with Crippen LogP contribution in [-0.2, 0) is 26.4 Å². The summed E-state index contributed by atoms with van der Waals surface area (Å²) in [5.74, 6) is 1.58. The smallest absolute Gasteiger partial charge is 0.235 e. The summed E-state index contributed by atoms with van der Waals surface area (Å²) in [6.07, 6.45) is 3.14. The van der Waals surface area contributed by atoms with E-state index in [0.717, 1.165) is 27.8 Å². The van der Waals surface area contributed by atoms with Gasteiger partial charge in [0.15, 0.2) is 34.5 Å². The van der Waals surface area contributed by atoms with Crippen molar-refractivity contribution < 1.29 is 38.4 Å². The Bertz CT molecular complexity index is 3130. The number of hydrogen-bond donors (Lipinski definition) is 2. The molecular formula is C58H46O9. The van der Waals surface area contributed by atoms with Crippen LogP contribution >= 0.6 is 0 Å². The van der Waals surface area contributed by atoms with E-state index in [2.05, 4.69) is 0 Å². The van der Waals surface area contributed by atoms with Gasteiger partial charge in [0.2, 0.25) is 11.2 Å². The van der Waals surface area contributed by atoms with Gasteiger partial charge < -0.3 is 33.6 Å². The van der Waals surface area contributed by atoms with Crippen LogP contribution < -0.4 is 24.4 Å². The van der Waals surface area contributed by atoms with Crippen molar-refractivity contribution in [3.8, 4) is 45.8 Å². The molecule has 0 unspecified atom stereocenters. The number of carbonyl (C=O) groups is 1. The molecule has 0 fully saturated rings. The first-order chi connectivity index (χ1) is 32.9. The Hall–Kier alpha value is -8.82. The van der Waals surface area contributed by atoms with Crippen LogP contribution in [0.15, 0.2) is 222 Å². The summed E-state index contributed by atoms with van der Waals surface area (Å²) in [6, 6.07) is 63.5. The summed E-state index contributed by atoms with van der Waals surface area (Å²) in [6.45, 7) is 1.52. The maximum atomic E-state index is 12.7. The molecule has 0 amide bonds. The van der Waals surface area contributed by atoms with Crippen LogP contribution in [0.3, 0.4) is 0 Å². The van der Waals surface area contributed by atoms with E-state index < -0.39 is 11.2 Å². The largest absolute Gasteiger partial charge is 0.507 e. The first kappa shape index (κ1) is 44.8. The fraction of sp³-hybridized carbons (Fsp3) is 0.0690. The van der Waals surface area contributed by atoms with E-state index in [4.69, 9.17) is 23.4 Å². The van der Waals surface area contributed by atoms with Gasteiger partial charge in [-0.05, 0) is 88.5 Å². The number of carbonyl (C=O) groups excluding carboxylic acids is 1. The molecule has 332 valence electrons. The van der Waals surface area contributed by atoms with Crippen molar-refractivity contribution in [2.24, 2.45) is 0 Å². The second-order valence-corrected chi connectivity index (χ2v) is 15.3. The van der Waals surface area contributed by atoms with Crippen LogP contribution in [0.1, 0.15) is 38.2 Å². The van der Waals surface area contributed by atoms with Gasteiger partial charge in [0.05, 0.1) is 10.9 Å². The first-order valence-corrected chi connectivity index (χ1v) is 21.6. The minimum atomic E-state index is -0.479. The van der Waals surface area contributed by atoms with Gasteiger partial charge in [-0.3, -0.25) is 9.59 Å². The van der Waals surface area contributed by atoms with Crippen molar-refractivity contribution in [2.75, 3.05) is 0 Å². The second kappa shape index (κ2) is 22.2. The Balaban J connectivity index is 0.000000182. The minimum absolute atomic E-state index is 0.0382. The summed E-state index contributed by atoms with van der Waals surface area (Å²) in [5, 5.41) is 20.8. The zero-order chi connectivity index (χ0) is 46.2. The van der Waals surface area contributed by atoms with Gasteiger partial charge in [-0.2, -0.15) is 0 Å². The summed E-state index contributed by atoms with van der Waals surface area (Å²) < 4.78 is 30.2. The van der Waals surface area contributed by atoms with E-state index in [1.54, 1.807) is 66.7 Å². The Kier molecular flexibility index (Phi) is 14.8. The zero-order valence-corrected chi connectivity index (χ0v) is 36.4. The standard InChI is InChI=1S/C29H22O5.C29H24O4/c30-27-23-13-7-8-14-24(23)34-29(28(27)31)22-15-16-25(32-18-20-9-3-1-4-10-20)26(17-22)33-19-21-11-5-2-6-12-21;30-26-14-8-7-13-25(26)27(31)17-15-22-16-18-28(32-20-23-9-3-1-4-10-23)29(19-22)33-21-24-11-5-2-6-12-24/h1-17,31H,18-19H2;1-19,30H,20-21H2/b;17-15+. The second-order valence-electron chi connectivity index (χ2n) is 15.3. The molecule has 0 saturated heterocycles. The molecule has 0 bridgehead atoms. The lowest BCUT2D eigenvalue weighted by atomic mass is 10.1. The summed E-state index contributed by atoms with van der Waals surface area (Å²) in [7, 11) is 0. The van der Waals surface area contributed by atoms with E-state index >= 15 is 0 Å². The van der Waals surface area contributed by atoms with Crippen molar-refractivity contribution in [1.82, 2.24) is 0 Å². The van der Waals surface area contributed by atoms with Gasteiger partial charge in [0.1, 0.15) is 37.8 Å². The van der Waals surface area contributed by atoms with Crippen molar-refractivity contribution in [3.63, 3.8) is 0 Å². The quantitative estimate of drug-likeness (QED) is 0.0720. The van der Waals surface area contributed by atoms with Gasteiger partial charge in [-0.1, -0.05) is 158 Å². The zero-order valence-electron chi connectivity index (χ0n) is 36.4. The lowest BCUT2D eigenvalue weighted by Crippen LogP contribution is -2.03. The first-order valence-electron chi connectivity index (χ1n) is 21.6. The Morgan fingerprint density at radius 1 is 0.478 bits per heavy atom. The van der Waals surface area contributed by atoms with Crippen LogP contribution in [0.25, 0.3) is 28.4 Å². The summed E-state index contributed by atoms with van der Waals surface area (Å²) in [5.41, 5.74) is 5.61. The molecule has 2 N–H and O–H groups in total. The fourth-order valence-electron chi connectivity index (χ4n) is 6.95. The Morgan fingerprint density at radius 2 is 0.925 bits per heavy atom. The van der Waals surface area contributed by atoms with Crippen LogP contribution in [0.5, 0.6) is 34.5 Å². The predicted octanol–water partition coefficient (Wildman–Crippen LogP) is 12.8. The van der Waals surface area contributed by atoms with Crippen molar-refractivity contribution >= 4 is 22.8 Å². The third kappa shape index (κ3) is 12.1. The van der Waals surface area contributed by atoms with Crippen LogP contribution in [0, 0.1) is 0 Å². The summed E-state index contributed by atoms with van der Waals surface area (Å²) >= 11 is 0. The molecular weight excluding hydrogens is 841 g/mol. The number of allylic oxidation sites excluding steroid dienone is 1. The highest BCUT2D eigenvalue weighted by Crippen LogP contribution is 2.37. The number of rotatable bonds is 16. The van der Waals surface area contributed by atoms with Gasteiger partial charge >= 0.3 is 0 Å². The Morgan fingerprint density at radius 3 is 1.46 bits per heavy atom. The van der Waals surface area contributed by atoms with Crippen molar-refractivity contribution in [2.45, 2.75) is 26.4 Å². The topological polar surface area (TPSA) is 125 Å². The van der Waals surface area contributed by atoms with Crippen LogP contribution in [0.4, 0.5) is 0 Å². The maximum absolute atomic E-state index is 12.7. The molecule has 0 radical (unpaired) electrons. The molecule has 67 heavy (non-hydrogen) atoms. The molecule has 9 rings (SSSR count). The van der Waals surface area contributed by atoms with Gasteiger partial charge in [-0.15, -0.1) is 0 Å². The van der Waals surface area contributed by atoms with Gasteiger partial charge in [0, 0.05) is 5.56 Å². The average Bonchev–Trinajstić information content (AvgIpc) is 3.38. The Labute approximate surface area is 388 Å². The third-order valence-electron chi connectivity index (χ3n) is 10.5. The molecule has 9 heteroatoms. The molecule has 9 nitrogen and oxygen atoms in total. The summed E-state index contributed by atoms with van der Waals surface area (Å²) in [4.78, 5) is 25.1. The van der Waals surface area contributed by atoms with E-state index in [0.29, 0.717) is 66.0 Å². The fourth-order valence-corrected chi connectivity index (χ4v) is 6.95. The molecule has 8 aromatic carbocycles. The number of ketones is 1. The monoisotopic (exact) mass is 886 g/mol. The maximum Gasteiger partial charge on any atom is 0.235 e. The predicted molar refractivity (Wildman–Crippen MR) is 261 cm³/mol. The molecule has 1 aromatic heterocycles. The highest BCUT2D eigenvalue weighted by Gasteiger charge is 2.18. The molecule has 0 aliphatic heterocycles. The highest BCUT2D eigenvalue weighted by molar-refractivity contribution is 6.08. The molecule has 1 heterocycles. The number of hydrogen-bond acceptors (Lipinski definition) is 9. The molecule has 0 atom stereocenters. The number of phenolic OH excluding ortho intramolecular Hbond substituents is 1. The molecule has 0 aliphatic carbocycles. The third-order valence-corrected chi connectivity index (χ3v) is 10.5. The number of aromatic hydroxyl groups is 2. The van der Waals surface area contributed by atoms with Gasteiger partial charge in [0.25, 0.3) is 0 Å². The van der Waals surface area contributed by atoms with Gasteiger partial charge in [-0.25, -0.2) is 0 Å². The molecule has 9 aromatic rings. The van der Waals surface area contributed by atoms with Crippen molar-refractivity contribution in [1.29, 1.82) is 0 Å². The van der Waals surface area contributed by atoms with E-state index in [1.165, 1.54) is 12.1 Å². The number of phenols is 1.